The average molecular weight is 205 g/mol. The van der Waals surface area contributed by atoms with E-state index in [2.05, 4.69) is 0 Å². The quantitative estimate of drug-likeness (QED) is 0.709. The van der Waals surface area contributed by atoms with Gasteiger partial charge < -0.3 is 4.90 Å². The fourth-order valence-corrected chi connectivity index (χ4v) is 1.43. The maximum Gasteiger partial charge on any atom is 0.226 e. The molecule has 0 aliphatic carbocycles. The van der Waals surface area contributed by atoms with Crippen LogP contribution in [0, 0.1) is 6.92 Å². The van der Waals surface area contributed by atoms with Crippen LogP contribution in [-0.4, -0.2) is 19.2 Å². The van der Waals surface area contributed by atoms with Crippen LogP contribution in [0.4, 0.5) is 5.69 Å². The van der Waals surface area contributed by atoms with Gasteiger partial charge in [-0.25, -0.2) is 0 Å². The van der Waals surface area contributed by atoms with Gasteiger partial charge in [-0.2, -0.15) is 0 Å². The summed E-state index contributed by atoms with van der Waals surface area (Å²) in [5.41, 5.74) is 2.38. The van der Waals surface area contributed by atoms with E-state index in [0.717, 1.165) is 17.5 Å². The maximum absolute atomic E-state index is 11.5. The molecule has 3 heteroatoms. The molecule has 0 heterocycles. The highest BCUT2D eigenvalue weighted by molar-refractivity contribution is 5.94. The van der Waals surface area contributed by atoms with E-state index < -0.39 is 0 Å². The number of nitrogens with zero attached hydrogens (tertiary/aromatic N) is 1. The van der Waals surface area contributed by atoms with Crippen LogP contribution in [-0.2, 0) is 4.79 Å². The van der Waals surface area contributed by atoms with Crippen molar-refractivity contribution in [2.24, 2.45) is 0 Å². The first-order valence-corrected chi connectivity index (χ1v) is 4.92. The standard InChI is InChI=1S/C12H15NO2/c1-4-12(15)13(3)11-7-10(8-14)6-5-9(11)2/h5-8H,4H2,1-3H3. The van der Waals surface area contributed by atoms with Crippen molar-refractivity contribution in [1.29, 1.82) is 0 Å². The lowest BCUT2D eigenvalue weighted by Crippen LogP contribution is -2.25. The number of carbonyl (C=O) groups is 2. The molecule has 0 unspecified atom stereocenters. The van der Waals surface area contributed by atoms with Gasteiger partial charge in [-0.1, -0.05) is 19.1 Å². The zero-order valence-electron chi connectivity index (χ0n) is 9.28. The summed E-state index contributed by atoms with van der Waals surface area (Å²) in [5, 5.41) is 0. The first-order valence-electron chi connectivity index (χ1n) is 4.92. The number of rotatable bonds is 3. The second-order valence-electron chi connectivity index (χ2n) is 3.47. The lowest BCUT2D eigenvalue weighted by atomic mass is 10.1. The molecule has 0 bridgehead atoms. The molecule has 0 saturated carbocycles. The fraction of sp³-hybridized carbons (Fsp3) is 0.333. The van der Waals surface area contributed by atoms with E-state index in [0.29, 0.717) is 12.0 Å². The van der Waals surface area contributed by atoms with Crippen LogP contribution in [0.3, 0.4) is 0 Å². The van der Waals surface area contributed by atoms with Gasteiger partial charge >= 0.3 is 0 Å². The summed E-state index contributed by atoms with van der Waals surface area (Å²) in [4.78, 5) is 23.7. The predicted molar refractivity (Wildman–Crippen MR) is 60.3 cm³/mol. The molecule has 0 aliphatic rings. The molecule has 1 rings (SSSR count). The second-order valence-corrected chi connectivity index (χ2v) is 3.47. The van der Waals surface area contributed by atoms with E-state index in [9.17, 15) is 9.59 Å². The molecule has 0 fully saturated rings. The minimum atomic E-state index is 0.0427. The zero-order valence-corrected chi connectivity index (χ0v) is 9.28. The molecule has 0 spiro atoms. The third kappa shape index (κ3) is 2.43. The van der Waals surface area contributed by atoms with Crippen molar-refractivity contribution in [3.63, 3.8) is 0 Å². The highest BCUT2D eigenvalue weighted by atomic mass is 16.2. The number of carbonyl (C=O) groups excluding carboxylic acids is 2. The van der Waals surface area contributed by atoms with Gasteiger partial charge in [0.05, 0.1) is 0 Å². The van der Waals surface area contributed by atoms with Crippen LogP contribution in [0.25, 0.3) is 0 Å². The lowest BCUT2D eigenvalue weighted by Gasteiger charge is -2.19. The van der Waals surface area contributed by atoms with E-state index in [1.54, 1.807) is 24.1 Å². The summed E-state index contributed by atoms with van der Waals surface area (Å²) in [6.07, 6.45) is 1.24. The monoisotopic (exact) mass is 205 g/mol. The summed E-state index contributed by atoms with van der Waals surface area (Å²) >= 11 is 0. The Morgan fingerprint density at radius 2 is 2.13 bits per heavy atom. The van der Waals surface area contributed by atoms with Gasteiger partial charge in [-0.15, -0.1) is 0 Å². The zero-order chi connectivity index (χ0) is 11.4. The van der Waals surface area contributed by atoms with Gasteiger partial charge in [-0.05, 0) is 18.6 Å². The van der Waals surface area contributed by atoms with E-state index in [-0.39, 0.29) is 5.91 Å². The largest absolute Gasteiger partial charge is 0.315 e. The third-order valence-electron chi connectivity index (χ3n) is 2.41. The second kappa shape index (κ2) is 4.73. The van der Waals surface area contributed by atoms with Gasteiger partial charge in [0.1, 0.15) is 6.29 Å². The third-order valence-corrected chi connectivity index (χ3v) is 2.41. The Hall–Kier alpha value is -1.64. The van der Waals surface area contributed by atoms with E-state index in [1.807, 2.05) is 19.9 Å². The van der Waals surface area contributed by atoms with Crippen molar-refractivity contribution in [2.75, 3.05) is 11.9 Å². The normalized spacial score (nSPS) is 9.80. The highest BCUT2D eigenvalue weighted by Crippen LogP contribution is 2.20. The van der Waals surface area contributed by atoms with E-state index in [4.69, 9.17) is 0 Å². The van der Waals surface area contributed by atoms with Crippen molar-refractivity contribution in [1.82, 2.24) is 0 Å². The fourth-order valence-electron chi connectivity index (χ4n) is 1.43. The molecule has 0 saturated heterocycles. The molecule has 15 heavy (non-hydrogen) atoms. The molecule has 0 N–H and O–H groups in total. The molecule has 1 aromatic rings. The molecular weight excluding hydrogens is 190 g/mol. The molecule has 0 radical (unpaired) electrons. The van der Waals surface area contributed by atoms with Crippen molar-refractivity contribution in [3.8, 4) is 0 Å². The molecule has 0 atom stereocenters. The Kier molecular flexibility index (Phi) is 3.61. The van der Waals surface area contributed by atoms with Crippen molar-refractivity contribution in [2.45, 2.75) is 20.3 Å². The van der Waals surface area contributed by atoms with Crippen LogP contribution < -0.4 is 4.90 Å². The topological polar surface area (TPSA) is 37.4 Å². The first kappa shape index (κ1) is 11.4. The summed E-state index contributed by atoms with van der Waals surface area (Å²) in [5.74, 6) is 0.0427. The SMILES string of the molecule is CCC(=O)N(C)c1cc(C=O)ccc1C. The molecule has 3 nitrogen and oxygen atoms in total. The van der Waals surface area contributed by atoms with Crippen molar-refractivity contribution in [3.05, 3.63) is 29.3 Å². The van der Waals surface area contributed by atoms with Crippen LogP contribution in [0.1, 0.15) is 29.3 Å². The Balaban J connectivity index is 3.11. The molecule has 0 aliphatic heterocycles. The van der Waals surface area contributed by atoms with Crippen LogP contribution in [0.5, 0.6) is 0 Å². The van der Waals surface area contributed by atoms with Gasteiger partial charge in [0.15, 0.2) is 0 Å². The summed E-state index contributed by atoms with van der Waals surface area (Å²) in [6.45, 7) is 3.74. The maximum atomic E-state index is 11.5. The smallest absolute Gasteiger partial charge is 0.226 e. The number of benzene rings is 1. The number of aryl methyl sites for hydroxylation is 1. The van der Waals surface area contributed by atoms with Crippen LogP contribution in [0.15, 0.2) is 18.2 Å². The van der Waals surface area contributed by atoms with E-state index >= 15 is 0 Å². The molecule has 80 valence electrons. The van der Waals surface area contributed by atoms with Gasteiger partial charge in [0.2, 0.25) is 5.91 Å². The first-order chi connectivity index (χ1) is 7.10. The van der Waals surface area contributed by atoms with E-state index in [1.165, 1.54) is 0 Å². The summed E-state index contributed by atoms with van der Waals surface area (Å²) < 4.78 is 0. The van der Waals surface area contributed by atoms with Crippen molar-refractivity contribution >= 4 is 17.9 Å². The van der Waals surface area contributed by atoms with Crippen molar-refractivity contribution < 1.29 is 9.59 Å². The summed E-state index contributed by atoms with van der Waals surface area (Å²) in [6, 6.07) is 5.32. The lowest BCUT2D eigenvalue weighted by molar-refractivity contribution is -0.118. The van der Waals surface area contributed by atoms with Gasteiger partial charge in [0.25, 0.3) is 0 Å². The minimum Gasteiger partial charge on any atom is -0.315 e. The average Bonchev–Trinajstić information content (AvgIpc) is 2.27. The number of amides is 1. The van der Waals surface area contributed by atoms with Crippen LogP contribution in [0.2, 0.25) is 0 Å². The van der Waals surface area contributed by atoms with Crippen LogP contribution >= 0.6 is 0 Å². The molecule has 0 aromatic heterocycles. The Bertz CT molecular complexity index is 385. The summed E-state index contributed by atoms with van der Waals surface area (Å²) in [7, 11) is 1.72. The number of aldehydes is 1. The number of anilines is 1. The molecule has 1 aromatic carbocycles. The van der Waals surface area contributed by atoms with Gasteiger partial charge in [0, 0.05) is 24.7 Å². The number of hydrogen-bond acceptors (Lipinski definition) is 2. The molecular formula is C12H15NO2. The minimum absolute atomic E-state index is 0.0427. The molecule has 1 amide bonds. The predicted octanol–water partition coefficient (Wildman–Crippen LogP) is 2.18. The Labute approximate surface area is 89.7 Å². The Morgan fingerprint density at radius 3 is 2.67 bits per heavy atom. The highest BCUT2D eigenvalue weighted by Gasteiger charge is 2.11. The Morgan fingerprint density at radius 1 is 1.47 bits per heavy atom. The number of hydrogen-bond donors (Lipinski definition) is 0. The van der Waals surface area contributed by atoms with Gasteiger partial charge in [-0.3, -0.25) is 9.59 Å².